The van der Waals surface area contributed by atoms with Crippen LogP contribution in [0.4, 0.5) is 10.8 Å². The summed E-state index contributed by atoms with van der Waals surface area (Å²) < 4.78 is 2.97. The van der Waals surface area contributed by atoms with Crippen LogP contribution in [0.3, 0.4) is 0 Å². The van der Waals surface area contributed by atoms with Gasteiger partial charge < -0.3 is 10.2 Å². The molecule has 0 aliphatic heterocycles. The first-order valence-corrected chi connectivity index (χ1v) is 13.1. The van der Waals surface area contributed by atoms with Gasteiger partial charge in [0, 0.05) is 47.3 Å². The summed E-state index contributed by atoms with van der Waals surface area (Å²) in [4.78, 5) is 19.1. The summed E-state index contributed by atoms with van der Waals surface area (Å²) in [5.74, 6) is 0.793. The van der Waals surface area contributed by atoms with Crippen LogP contribution < -0.4 is 10.2 Å². The number of benzene rings is 2. The molecule has 4 aromatic rings. The van der Waals surface area contributed by atoms with Crippen molar-refractivity contribution in [3.8, 4) is 22.6 Å². The largest absolute Gasteiger partial charge is 0.378 e. The molecule has 0 fully saturated rings. The van der Waals surface area contributed by atoms with E-state index < -0.39 is 0 Å². The number of anilines is 2. The van der Waals surface area contributed by atoms with Gasteiger partial charge in [-0.2, -0.15) is 0 Å². The van der Waals surface area contributed by atoms with Crippen molar-refractivity contribution >= 4 is 55.8 Å². The third kappa shape index (κ3) is 5.75. The first-order chi connectivity index (χ1) is 16.4. The molecule has 0 spiro atoms. The first-order valence-electron chi connectivity index (χ1n) is 10.4. The van der Waals surface area contributed by atoms with Gasteiger partial charge in [0.05, 0.1) is 11.4 Å². The van der Waals surface area contributed by atoms with Gasteiger partial charge in [-0.25, -0.2) is 4.98 Å². The zero-order valence-electron chi connectivity index (χ0n) is 18.7. The monoisotopic (exact) mass is 554 g/mol. The van der Waals surface area contributed by atoms with Crippen LogP contribution in [-0.2, 0) is 11.3 Å². The standard InChI is InChI=1S/C24H23BrN6OS2/c1-4-13-31-22(17-7-11-19(12-8-17)30(2)3)28-29-24(31)34-15-21(32)27-23-26-20(14-33-23)16-5-9-18(25)10-6-16/h4-12,14H,1,13,15H2,2-3H3,(H,26,27,32). The van der Waals surface area contributed by atoms with Crippen molar-refractivity contribution in [2.45, 2.75) is 11.7 Å². The van der Waals surface area contributed by atoms with Crippen molar-refractivity contribution in [1.29, 1.82) is 0 Å². The van der Waals surface area contributed by atoms with Crippen molar-refractivity contribution in [1.82, 2.24) is 19.7 Å². The second-order valence-corrected chi connectivity index (χ2v) is 10.2. The summed E-state index contributed by atoms with van der Waals surface area (Å²) >= 11 is 6.17. The molecule has 0 aliphatic carbocycles. The Morgan fingerprint density at radius 1 is 1.15 bits per heavy atom. The van der Waals surface area contributed by atoms with Gasteiger partial charge in [0.2, 0.25) is 5.91 Å². The quantitative estimate of drug-likeness (QED) is 0.207. The number of hydrogen-bond donors (Lipinski definition) is 1. The highest BCUT2D eigenvalue weighted by Crippen LogP contribution is 2.28. The number of thiazole rings is 1. The predicted molar refractivity (Wildman–Crippen MR) is 145 cm³/mol. The maximum absolute atomic E-state index is 12.6. The molecule has 4 rings (SSSR count). The minimum absolute atomic E-state index is 0.147. The Morgan fingerprint density at radius 2 is 1.85 bits per heavy atom. The van der Waals surface area contributed by atoms with Crippen LogP contribution >= 0.6 is 39.0 Å². The second-order valence-electron chi connectivity index (χ2n) is 7.53. The van der Waals surface area contributed by atoms with Gasteiger partial charge in [-0.3, -0.25) is 9.36 Å². The molecule has 174 valence electrons. The average Bonchev–Trinajstić information content (AvgIpc) is 3.46. The molecule has 0 saturated heterocycles. The van der Waals surface area contributed by atoms with E-state index in [1.54, 1.807) is 6.08 Å². The Hall–Kier alpha value is -2.95. The Labute approximate surface area is 215 Å². The van der Waals surface area contributed by atoms with Crippen molar-refractivity contribution in [2.75, 3.05) is 30.1 Å². The number of nitrogens with one attached hydrogen (secondary N) is 1. The van der Waals surface area contributed by atoms with Gasteiger partial charge in [0.25, 0.3) is 0 Å². The van der Waals surface area contributed by atoms with E-state index >= 15 is 0 Å². The second kappa shape index (κ2) is 11.0. The van der Waals surface area contributed by atoms with Crippen LogP contribution in [0.5, 0.6) is 0 Å². The number of rotatable bonds is 9. The first kappa shape index (κ1) is 24.2. The van der Waals surface area contributed by atoms with E-state index in [4.69, 9.17) is 0 Å². The lowest BCUT2D eigenvalue weighted by atomic mass is 10.2. The maximum atomic E-state index is 12.6. The third-order valence-corrected chi connectivity index (χ3v) is 7.15. The topological polar surface area (TPSA) is 75.9 Å². The molecule has 0 unspecified atom stereocenters. The highest BCUT2D eigenvalue weighted by atomic mass is 79.9. The van der Waals surface area contributed by atoms with E-state index in [0.717, 1.165) is 32.8 Å². The van der Waals surface area contributed by atoms with Gasteiger partial charge in [-0.05, 0) is 36.4 Å². The van der Waals surface area contributed by atoms with Crippen LogP contribution in [0.15, 0.2) is 76.2 Å². The van der Waals surface area contributed by atoms with E-state index in [9.17, 15) is 4.79 Å². The summed E-state index contributed by atoms with van der Waals surface area (Å²) in [6.45, 7) is 4.40. The van der Waals surface area contributed by atoms with Gasteiger partial charge in [0.15, 0.2) is 16.1 Å². The molecule has 2 heterocycles. The zero-order chi connectivity index (χ0) is 24.1. The van der Waals surface area contributed by atoms with Crippen LogP contribution in [-0.4, -0.2) is 45.5 Å². The summed E-state index contributed by atoms with van der Waals surface area (Å²) in [7, 11) is 4.00. The molecule has 34 heavy (non-hydrogen) atoms. The molecule has 10 heteroatoms. The molecule has 0 atom stereocenters. The minimum atomic E-state index is -0.147. The summed E-state index contributed by atoms with van der Waals surface area (Å²) in [5, 5.41) is 14.7. The minimum Gasteiger partial charge on any atom is -0.378 e. The number of hydrogen-bond acceptors (Lipinski definition) is 7. The van der Waals surface area contributed by atoms with Crippen LogP contribution in [0.25, 0.3) is 22.6 Å². The Balaban J connectivity index is 1.41. The molecule has 1 N–H and O–H groups in total. The van der Waals surface area contributed by atoms with Crippen LogP contribution in [0.2, 0.25) is 0 Å². The predicted octanol–water partition coefficient (Wildman–Crippen LogP) is 5.81. The summed E-state index contributed by atoms with van der Waals surface area (Å²) in [6.07, 6.45) is 1.80. The fourth-order valence-electron chi connectivity index (χ4n) is 3.18. The van der Waals surface area contributed by atoms with E-state index in [1.807, 2.05) is 77.5 Å². The molecule has 0 aliphatic rings. The molecule has 0 bridgehead atoms. The number of amides is 1. The molecule has 0 saturated carbocycles. The lowest BCUT2D eigenvalue weighted by molar-refractivity contribution is -0.113. The highest BCUT2D eigenvalue weighted by Gasteiger charge is 2.16. The smallest absolute Gasteiger partial charge is 0.236 e. The van der Waals surface area contributed by atoms with Crippen LogP contribution in [0.1, 0.15) is 0 Å². The molecule has 0 radical (unpaired) electrons. The van der Waals surface area contributed by atoms with Crippen molar-refractivity contribution in [2.24, 2.45) is 0 Å². The summed E-state index contributed by atoms with van der Waals surface area (Å²) in [5.41, 5.74) is 3.89. The number of aromatic nitrogens is 4. The van der Waals surface area contributed by atoms with E-state index in [-0.39, 0.29) is 11.7 Å². The zero-order valence-corrected chi connectivity index (χ0v) is 22.0. The van der Waals surface area contributed by atoms with E-state index in [1.165, 1.54) is 23.1 Å². The van der Waals surface area contributed by atoms with Crippen LogP contribution in [0, 0.1) is 0 Å². The number of allylic oxidation sites excluding steroid dienone is 1. The molecule has 2 aromatic carbocycles. The Morgan fingerprint density at radius 3 is 2.53 bits per heavy atom. The fraction of sp³-hybridized carbons (Fsp3) is 0.167. The lowest BCUT2D eigenvalue weighted by Crippen LogP contribution is -2.14. The number of thioether (sulfide) groups is 1. The number of halogens is 1. The average molecular weight is 556 g/mol. The molecule has 7 nitrogen and oxygen atoms in total. The lowest BCUT2D eigenvalue weighted by Gasteiger charge is -2.13. The SMILES string of the molecule is C=CCn1c(SCC(=O)Nc2nc(-c3ccc(Br)cc3)cs2)nnc1-c1ccc(N(C)C)cc1. The Kier molecular flexibility index (Phi) is 7.81. The normalized spacial score (nSPS) is 10.8. The molecule has 1 amide bonds. The van der Waals surface area contributed by atoms with Crippen molar-refractivity contribution < 1.29 is 4.79 Å². The van der Waals surface area contributed by atoms with Gasteiger partial charge in [-0.15, -0.1) is 28.1 Å². The fourth-order valence-corrected chi connectivity index (χ4v) is 4.93. The molecular formula is C24H23BrN6OS2. The number of nitrogens with zero attached hydrogens (tertiary/aromatic N) is 5. The van der Waals surface area contributed by atoms with Crippen molar-refractivity contribution in [3.05, 3.63) is 71.0 Å². The van der Waals surface area contributed by atoms with Gasteiger partial charge in [0.1, 0.15) is 0 Å². The van der Waals surface area contributed by atoms with Gasteiger partial charge >= 0.3 is 0 Å². The maximum Gasteiger partial charge on any atom is 0.236 e. The van der Waals surface area contributed by atoms with Crippen molar-refractivity contribution in [3.63, 3.8) is 0 Å². The summed E-state index contributed by atoms with van der Waals surface area (Å²) in [6, 6.07) is 16.0. The van der Waals surface area contributed by atoms with Gasteiger partial charge in [-0.1, -0.05) is 45.9 Å². The molecule has 2 aromatic heterocycles. The molecular weight excluding hydrogens is 532 g/mol. The number of carbonyl (C=O) groups is 1. The highest BCUT2D eigenvalue weighted by molar-refractivity contribution is 9.10. The van der Waals surface area contributed by atoms with E-state index in [2.05, 4.69) is 43.0 Å². The van der Waals surface area contributed by atoms with E-state index in [0.29, 0.717) is 16.8 Å². The third-order valence-electron chi connectivity index (χ3n) is 4.89. The number of carbonyl (C=O) groups excluding carboxylic acids is 1. The Bertz CT molecular complexity index is 1280.